The van der Waals surface area contributed by atoms with Gasteiger partial charge in [0.25, 0.3) is 0 Å². The highest BCUT2D eigenvalue weighted by molar-refractivity contribution is 5.15. The van der Waals surface area contributed by atoms with E-state index in [1.54, 1.807) is 13.2 Å². The lowest BCUT2D eigenvalue weighted by atomic mass is 9.87. The first-order chi connectivity index (χ1) is 13.6. The first-order valence-corrected chi connectivity index (χ1v) is 9.72. The van der Waals surface area contributed by atoms with Gasteiger partial charge in [0, 0.05) is 13.0 Å². The van der Waals surface area contributed by atoms with Gasteiger partial charge in [0.15, 0.2) is 6.29 Å². The molecule has 0 aromatic heterocycles. The molecule has 0 amide bonds. The lowest BCUT2D eigenvalue weighted by Crippen LogP contribution is -2.50. The summed E-state index contributed by atoms with van der Waals surface area (Å²) in [7, 11) is 1.66. The third-order valence-electron chi connectivity index (χ3n) is 5.40. The highest BCUT2D eigenvalue weighted by Crippen LogP contribution is 2.42. The van der Waals surface area contributed by atoms with Crippen LogP contribution >= 0.6 is 0 Å². The number of methoxy groups -OCH3 is 1. The quantitative estimate of drug-likeness (QED) is 0.587. The average Bonchev–Trinajstić information content (AvgIpc) is 2.98. The van der Waals surface area contributed by atoms with Gasteiger partial charge in [0.2, 0.25) is 0 Å². The first-order valence-electron chi connectivity index (χ1n) is 9.72. The van der Waals surface area contributed by atoms with Crippen molar-refractivity contribution in [3.63, 3.8) is 0 Å². The van der Waals surface area contributed by atoms with Crippen molar-refractivity contribution < 1.29 is 18.9 Å². The lowest BCUT2D eigenvalue weighted by molar-refractivity contribution is -0.203. The van der Waals surface area contributed by atoms with Gasteiger partial charge in [-0.15, -0.1) is 6.58 Å². The predicted octanol–water partition coefficient (Wildman–Crippen LogP) is 4.74. The van der Waals surface area contributed by atoms with Crippen LogP contribution in [0.4, 0.5) is 0 Å². The Morgan fingerprint density at radius 3 is 2.14 bits per heavy atom. The Morgan fingerprint density at radius 2 is 1.61 bits per heavy atom. The van der Waals surface area contributed by atoms with Crippen LogP contribution in [0.5, 0.6) is 0 Å². The second-order valence-electron chi connectivity index (χ2n) is 7.44. The molecule has 1 fully saturated rings. The summed E-state index contributed by atoms with van der Waals surface area (Å²) >= 11 is 0. The summed E-state index contributed by atoms with van der Waals surface area (Å²) in [6, 6.07) is 20.2. The van der Waals surface area contributed by atoms with Gasteiger partial charge in [-0.3, -0.25) is 0 Å². The van der Waals surface area contributed by atoms with Crippen LogP contribution in [0.15, 0.2) is 73.3 Å². The Morgan fingerprint density at radius 1 is 1.04 bits per heavy atom. The number of ether oxygens (including phenoxy) is 4. The van der Waals surface area contributed by atoms with Gasteiger partial charge < -0.3 is 18.9 Å². The molecular weight excluding hydrogens is 352 g/mol. The van der Waals surface area contributed by atoms with Crippen molar-refractivity contribution in [2.24, 2.45) is 5.92 Å². The van der Waals surface area contributed by atoms with Crippen molar-refractivity contribution in [1.82, 2.24) is 0 Å². The van der Waals surface area contributed by atoms with Gasteiger partial charge in [-0.2, -0.15) is 0 Å². The SMILES string of the molecule is C=CC(OCc1ccccc1)C1(C)OC(OC)C(C)C1OCc1ccccc1. The molecule has 1 heterocycles. The van der Waals surface area contributed by atoms with Crippen LogP contribution < -0.4 is 0 Å². The summed E-state index contributed by atoms with van der Waals surface area (Å²) in [5.74, 6) is 0.0569. The second-order valence-corrected chi connectivity index (χ2v) is 7.44. The molecule has 2 aromatic rings. The minimum Gasteiger partial charge on any atom is -0.370 e. The molecule has 0 radical (unpaired) electrons. The molecular formula is C24H30O4. The minimum absolute atomic E-state index is 0.0569. The van der Waals surface area contributed by atoms with E-state index in [0.29, 0.717) is 13.2 Å². The zero-order valence-electron chi connectivity index (χ0n) is 16.9. The first kappa shape index (κ1) is 20.7. The van der Waals surface area contributed by atoms with Crippen LogP contribution in [0.25, 0.3) is 0 Å². The van der Waals surface area contributed by atoms with Crippen molar-refractivity contribution in [3.8, 4) is 0 Å². The Hall–Kier alpha value is -1.98. The van der Waals surface area contributed by atoms with Crippen LogP contribution in [0.1, 0.15) is 25.0 Å². The third-order valence-corrected chi connectivity index (χ3v) is 5.40. The Bertz CT molecular complexity index is 733. The van der Waals surface area contributed by atoms with E-state index in [0.717, 1.165) is 11.1 Å². The molecule has 0 spiro atoms. The molecule has 0 saturated carbocycles. The summed E-state index contributed by atoms with van der Waals surface area (Å²) in [5.41, 5.74) is 1.53. The van der Waals surface area contributed by atoms with Crippen LogP contribution in [0.2, 0.25) is 0 Å². The maximum absolute atomic E-state index is 6.35. The Kier molecular flexibility index (Phi) is 7.03. The maximum Gasteiger partial charge on any atom is 0.163 e. The van der Waals surface area contributed by atoms with E-state index in [1.165, 1.54) is 0 Å². The Balaban J connectivity index is 1.75. The fraction of sp³-hybridized carbons (Fsp3) is 0.417. The molecule has 1 aliphatic heterocycles. The maximum atomic E-state index is 6.35. The van der Waals surface area contributed by atoms with E-state index in [-0.39, 0.29) is 24.4 Å². The predicted molar refractivity (Wildman–Crippen MR) is 110 cm³/mol. The molecule has 0 N–H and O–H groups in total. The van der Waals surface area contributed by atoms with Gasteiger partial charge in [0.1, 0.15) is 11.7 Å². The third kappa shape index (κ3) is 4.53. The van der Waals surface area contributed by atoms with Gasteiger partial charge in [-0.05, 0) is 18.1 Å². The van der Waals surface area contributed by atoms with Crippen LogP contribution in [0, 0.1) is 5.92 Å². The number of hydrogen-bond acceptors (Lipinski definition) is 4. The molecule has 3 rings (SSSR count). The highest BCUT2D eigenvalue weighted by Gasteiger charge is 2.55. The van der Waals surface area contributed by atoms with Crippen molar-refractivity contribution in [3.05, 3.63) is 84.4 Å². The second kappa shape index (κ2) is 9.48. The fourth-order valence-electron chi connectivity index (χ4n) is 3.89. The monoisotopic (exact) mass is 382 g/mol. The van der Waals surface area contributed by atoms with Crippen molar-refractivity contribution in [2.75, 3.05) is 7.11 Å². The lowest BCUT2D eigenvalue weighted by Gasteiger charge is -2.36. The molecule has 4 heteroatoms. The van der Waals surface area contributed by atoms with Gasteiger partial charge >= 0.3 is 0 Å². The van der Waals surface area contributed by atoms with E-state index in [2.05, 4.69) is 25.6 Å². The van der Waals surface area contributed by atoms with Crippen molar-refractivity contribution in [2.45, 2.75) is 51.2 Å². The molecule has 5 atom stereocenters. The zero-order valence-corrected chi connectivity index (χ0v) is 16.9. The molecule has 4 nitrogen and oxygen atoms in total. The molecule has 0 aliphatic carbocycles. The summed E-state index contributed by atoms with van der Waals surface area (Å²) in [5, 5.41) is 0. The minimum atomic E-state index is -0.703. The Labute approximate surface area is 168 Å². The summed E-state index contributed by atoms with van der Waals surface area (Å²) < 4.78 is 24.4. The van der Waals surface area contributed by atoms with Gasteiger partial charge in [0.05, 0.1) is 19.3 Å². The van der Waals surface area contributed by atoms with Crippen LogP contribution in [0.3, 0.4) is 0 Å². The van der Waals surface area contributed by atoms with E-state index in [4.69, 9.17) is 18.9 Å². The number of rotatable bonds is 9. The van der Waals surface area contributed by atoms with E-state index >= 15 is 0 Å². The molecule has 150 valence electrons. The molecule has 28 heavy (non-hydrogen) atoms. The molecule has 1 aliphatic rings. The largest absolute Gasteiger partial charge is 0.370 e. The summed E-state index contributed by atoms with van der Waals surface area (Å²) in [4.78, 5) is 0. The van der Waals surface area contributed by atoms with Gasteiger partial charge in [-0.25, -0.2) is 0 Å². The van der Waals surface area contributed by atoms with E-state index < -0.39 is 5.60 Å². The molecule has 1 saturated heterocycles. The topological polar surface area (TPSA) is 36.9 Å². The van der Waals surface area contributed by atoms with E-state index in [1.807, 2.05) is 55.5 Å². The normalized spacial score (nSPS) is 28.2. The van der Waals surface area contributed by atoms with E-state index in [9.17, 15) is 0 Å². The zero-order chi connectivity index (χ0) is 20.0. The highest BCUT2D eigenvalue weighted by atomic mass is 16.7. The fourth-order valence-corrected chi connectivity index (χ4v) is 3.89. The molecule has 5 unspecified atom stereocenters. The number of hydrogen-bond donors (Lipinski definition) is 0. The van der Waals surface area contributed by atoms with Crippen molar-refractivity contribution in [1.29, 1.82) is 0 Å². The summed E-state index contributed by atoms with van der Waals surface area (Å²) in [6.45, 7) is 9.09. The van der Waals surface area contributed by atoms with Crippen molar-refractivity contribution >= 4 is 0 Å². The molecule has 0 bridgehead atoms. The smallest absolute Gasteiger partial charge is 0.163 e. The average molecular weight is 383 g/mol. The molecule has 2 aromatic carbocycles. The van der Waals surface area contributed by atoms with Crippen LogP contribution in [-0.2, 0) is 32.2 Å². The number of benzene rings is 2. The van der Waals surface area contributed by atoms with Gasteiger partial charge in [-0.1, -0.05) is 73.7 Å². The summed E-state index contributed by atoms with van der Waals surface area (Å²) in [6.07, 6.45) is 0.910. The standard InChI is InChI=1S/C24H30O4/c1-5-21(26-16-19-12-8-6-9-13-19)24(3)22(18(2)23(25-4)28-24)27-17-20-14-10-7-11-15-20/h5-15,18,21-23H,1,16-17H2,2-4H3. The van der Waals surface area contributed by atoms with Crippen LogP contribution in [-0.4, -0.2) is 31.2 Å².